The monoisotopic (exact) mass is 445 g/mol. The summed E-state index contributed by atoms with van der Waals surface area (Å²) in [6, 6.07) is 13.1. The number of aromatic nitrogens is 1. The van der Waals surface area contributed by atoms with E-state index in [-0.39, 0.29) is 11.6 Å². The number of carbonyl (C=O) groups is 1. The van der Waals surface area contributed by atoms with Crippen LogP contribution in [0.25, 0.3) is 10.6 Å². The minimum atomic E-state index is -4.42. The van der Waals surface area contributed by atoms with E-state index in [0.717, 1.165) is 47.8 Å². The van der Waals surface area contributed by atoms with E-state index < -0.39 is 11.7 Å². The molecule has 0 spiro atoms. The highest BCUT2D eigenvalue weighted by Crippen LogP contribution is 2.33. The molecule has 1 saturated heterocycles. The van der Waals surface area contributed by atoms with Gasteiger partial charge in [0.2, 0.25) is 0 Å². The van der Waals surface area contributed by atoms with Crippen molar-refractivity contribution in [2.45, 2.75) is 25.6 Å². The summed E-state index contributed by atoms with van der Waals surface area (Å²) in [6.07, 6.45) is -2.09. The lowest BCUT2D eigenvalue weighted by Gasteiger charge is -2.24. The Morgan fingerprint density at radius 3 is 2.61 bits per heavy atom. The number of nitrogens with zero attached hydrogens (tertiary/aromatic N) is 3. The summed E-state index contributed by atoms with van der Waals surface area (Å²) in [7, 11) is 1.71. The zero-order valence-corrected chi connectivity index (χ0v) is 17.8. The molecular formula is C23H22F3N3OS. The molecule has 3 aromatic rings. The molecular weight excluding hydrogens is 423 g/mol. The fraction of sp³-hybridized carbons (Fsp3) is 0.304. The van der Waals surface area contributed by atoms with Crippen molar-refractivity contribution in [3.63, 3.8) is 0 Å². The molecule has 8 heteroatoms. The smallest absolute Gasteiger partial charge is 0.371 e. The number of hydrogen-bond acceptors (Lipinski definition) is 4. The maximum atomic E-state index is 13.0. The SMILES string of the molecule is CN(Cc1ccccc1N1CCCC1)C(=O)c1csc(-c2cccc(C(F)(F)F)c2)n1. The third-order valence-corrected chi connectivity index (χ3v) is 6.24. The van der Waals surface area contributed by atoms with Gasteiger partial charge in [-0.15, -0.1) is 11.3 Å². The highest BCUT2D eigenvalue weighted by molar-refractivity contribution is 7.13. The molecule has 0 aliphatic carbocycles. The van der Waals surface area contributed by atoms with E-state index in [4.69, 9.17) is 0 Å². The van der Waals surface area contributed by atoms with Gasteiger partial charge in [0.1, 0.15) is 10.7 Å². The van der Waals surface area contributed by atoms with Crippen LogP contribution in [-0.2, 0) is 12.7 Å². The Kier molecular flexibility index (Phi) is 6.00. The van der Waals surface area contributed by atoms with Crippen molar-refractivity contribution < 1.29 is 18.0 Å². The molecule has 4 rings (SSSR count). The number of rotatable bonds is 5. The molecule has 0 N–H and O–H groups in total. The molecule has 1 fully saturated rings. The van der Waals surface area contributed by atoms with Crippen LogP contribution in [0.1, 0.15) is 34.5 Å². The number of para-hydroxylation sites is 1. The lowest BCUT2D eigenvalue weighted by molar-refractivity contribution is -0.137. The molecule has 1 aliphatic heterocycles. The second-order valence-corrected chi connectivity index (χ2v) is 8.46. The molecule has 1 aliphatic rings. The number of halogens is 3. The van der Waals surface area contributed by atoms with Crippen LogP contribution < -0.4 is 4.90 Å². The van der Waals surface area contributed by atoms with E-state index in [1.165, 1.54) is 18.9 Å². The molecule has 4 nitrogen and oxygen atoms in total. The van der Waals surface area contributed by atoms with Gasteiger partial charge in [-0.3, -0.25) is 4.79 Å². The number of amides is 1. The standard InChI is InChI=1S/C23H22F3N3OS/c1-28(14-17-7-2-3-10-20(17)29-11-4-5-12-29)22(30)19-15-31-21(27-19)16-8-6-9-18(13-16)23(24,25)26/h2-3,6-10,13,15H,4-5,11-12,14H2,1H3. The molecule has 0 atom stereocenters. The first-order valence-corrected chi connectivity index (χ1v) is 10.9. The van der Waals surface area contributed by atoms with Crippen LogP contribution in [0, 0.1) is 0 Å². The summed E-state index contributed by atoms with van der Waals surface area (Å²) in [6.45, 7) is 2.46. The van der Waals surface area contributed by atoms with Crippen LogP contribution in [0.3, 0.4) is 0 Å². The Labute approximate surface area is 182 Å². The first kappa shape index (κ1) is 21.4. The molecule has 2 aromatic carbocycles. The van der Waals surface area contributed by atoms with Gasteiger partial charge in [0.25, 0.3) is 5.91 Å². The van der Waals surface area contributed by atoms with E-state index in [9.17, 15) is 18.0 Å². The first-order valence-electron chi connectivity index (χ1n) is 10.0. The molecule has 162 valence electrons. The van der Waals surface area contributed by atoms with E-state index in [0.29, 0.717) is 17.1 Å². The normalized spacial score (nSPS) is 14.1. The van der Waals surface area contributed by atoms with E-state index in [2.05, 4.69) is 16.0 Å². The van der Waals surface area contributed by atoms with Crippen LogP contribution in [0.5, 0.6) is 0 Å². The zero-order valence-electron chi connectivity index (χ0n) is 17.0. The van der Waals surface area contributed by atoms with Gasteiger partial charge in [0, 0.05) is 43.3 Å². The fourth-order valence-electron chi connectivity index (χ4n) is 3.77. The van der Waals surface area contributed by atoms with Crippen molar-refractivity contribution in [2.75, 3.05) is 25.0 Å². The largest absolute Gasteiger partial charge is 0.416 e. The molecule has 0 saturated carbocycles. The van der Waals surface area contributed by atoms with Crippen LogP contribution in [0.4, 0.5) is 18.9 Å². The van der Waals surface area contributed by atoms with Gasteiger partial charge in [-0.1, -0.05) is 30.3 Å². The summed E-state index contributed by atoms with van der Waals surface area (Å²) < 4.78 is 39.0. The van der Waals surface area contributed by atoms with Gasteiger partial charge in [0.15, 0.2) is 0 Å². The quantitative estimate of drug-likeness (QED) is 0.505. The Balaban J connectivity index is 1.51. The third-order valence-electron chi connectivity index (χ3n) is 5.35. The van der Waals surface area contributed by atoms with Gasteiger partial charge < -0.3 is 9.80 Å². The molecule has 0 unspecified atom stereocenters. The maximum absolute atomic E-state index is 13.0. The molecule has 0 bridgehead atoms. The van der Waals surface area contributed by atoms with Gasteiger partial charge in [-0.25, -0.2) is 4.98 Å². The fourth-order valence-corrected chi connectivity index (χ4v) is 4.56. The molecule has 2 heterocycles. The van der Waals surface area contributed by atoms with E-state index in [1.54, 1.807) is 23.4 Å². The average molecular weight is 446 g/mol. The van der Waals surface area contributed by atoms with Crippen molar-refractivity contribution in [1.29, 1.82) is 0 Å². The van der Waals surface area contributed by atoms with Crippen molar-refractivity contribution in [2.24, 2.45) is 0 Å². The van der Waals surface area contributed by atoms with Gasteiger partial charge in [-0.05, 0) is 36.6 Å². The van der Waals surface area contributed by atoms with Crippen molar-refractivity contribution in [3.8, 4) is 10.6 Å². The van der Waals surface area contributed by atoms with Crippen molar-refractivity contribution in [3.05, 3.63) is 70.7 Å². The number of hydrogen-bond donors (Lipinski definition) is 0. The lowest BCUT2D eigenvalue weighted by atomic mass is 10.1. The first-order chi connectivity index (χ1) is 14.8. The van der Waals surface area contributed by atoms with E-state index in [1.807, 2.05) is 18.2 Å². The Morgan fingerprint density at radius 1 is 1.13 bits per heavy atom. The van der Waals surface area contributed by atoms with Crippen LogP contribution in [0.15, 0.2) is 53.9 Å². The third kappa shape index (κ3) is 4.74. The van der Waals surface area contributed by atoms with Crippen molar-refractivity contribution >= 4 is 22.9 Å². The Morgan fingerprint density at radius 2 is 1.87 bits per heavy atom. The van der Waals surface area contributed by atoms with Gasteiger partial charge in [-0.2, -0.15) is 13.2 Å². The molecule has 0 radical (unpaired) electrons. The number of thiazole rings is 1. The zero-order chi connectivity index (χ0) is 22.0. The molecule has 1 aromatic heterocycles. The minimum Gasteiger partial charge on any atom is -0.371 e. The molecule has 1 amide bonds. The number of carbonyl (C=O) groups excluding carboxylic acids is 1. The second kappa shape index (κ2) is 8.70. The van der Waals surface area contributed by atoms with Crippen molar-refractivity contribution in [1.82, 2.24) is 9.88 Å². The maximum Gasteiger partial charge on any atom is 0.416 e. The van der Waals surface area contributed by atoms with Crippen LogP contribution >= 0.6 is 11.3 Å². The Hall–Kier alpha value is -2.87. The van der Waals surface area contributed by atoms with Gasteiger partial charge in [0.05, 0.1) is 5.56 Å². The van der Waals surface area contributed by atoms with E-state index >= 15 is 0 Å². The molecule has 31 heavy (non-hydrogen) atoms. The summed E-state index contributed by atoms with van der Waals surface area (Å²) in [5.41, 5.74) is 2.05. The average Bonchev–Trinajstić information content (AvgIpc) is 3.45. The number of alkyl halides is 3. The summed E-state index contributed by atoms with van der Waals surface area (Å²) >= 11 is 1.16. The summed E-state index contributed by atoms with van der Waals surface area (Å²) in [4.78, 5) is 21.2. The highest BCUT2D eigenvalue weighted by atomic mass is 32.1. The minimum absolute atomic E-state index is 0.235. The topological polar surface area (TPSA) is 36.4 Å². The second-order valence-electron chi connectivity index (χ2n) is 7.60. The summed E-state index contributed by atoms with van der Waals surface area (Å²) in [5.74, 6) is -0.259. The highest BCUT2D eigenvalue weighted by Gasteiger charge is 2.30. The number of anilines is 1. The number of benzene rings is 2. The van der Waals surface area contributed by atoms with Gasteiger partial charge >= 0.3 is 6.18 Å². The lowest BCUT2D eigenvalue weighted by Crippen LogP contribution is -2.28. The predicted molar refractivity (Wildman–Crippen MR) is 116 cm³/mol. The summed E-state index contributed by atoms with van der Waals surface area (Å²) in [5, 5.41) is 1.99. The van der Waals surface area contributed by atoms with Crippen LogP contribution in [0.2, 0.25) is 0 Å². The van der Waals surface area contributed by atoms with Crippen LogP contribution in [-0.4, -0.2) is 35.9 Å². The Bertz CT molecular complexity index is 1070. The predicted octanol–water partition coefficient (Wildman–Crippen LogP) is 5.70.